The Morgan fingerprint density at radius 2 is 2.17 bits per heavy atom. The number of fused-ring (bicyclic) bond motifs is 1. The van der Waals surface area contributed by atoms with Crippen LogP contribution in [-0.4, -0.2) is 51.9 Å². The van der Waals surface area contributed by atoms with Gasteiger partial charge in [-0.15, -0.1) is 0 Å². The Morgan fingerprint density at radius 1 is 1.28 bits per heavy atom. The number of rotatable bonds is 5. The first-order valence-corrected chi connectivity index (χ1v) is 10.6. The summed E-state index contributed by atoms with van der Waals surface area (Å²) in [4.78, 5) is 25.6. The standard InChI is InChI=1S/C23H30N4O2/c1-17-6-5-7-20(14-17)29-13-12-26-10-4-3-8-22(26)23-24-15-19-16-27(18(2)28)11-9-21(19)25-23/h5-7,14-15,22H,3-4,8-13,16H2,1-2H3/t22-/m0/s1. The lowest BCUT2D eigenvalue weighted by atomic mass is 10.0. The van der Waals surface area contributed by atoms with Gasteiger partial charge in [0, 0.05) is 44.7 Å². The largest absolute Gasteiger partial charge is 0.492 e. The van der Waals surface area contributed by atoms with E-state index in [2.05, 4.69) is 24.0 Å². The summed E-state index contributed by atoms with van der Waals surface area (Å²) in [6.07, 6.45) is 6.25. The second kappa shape index (κ2) is 8.91. The molecule has 1 fully saturated rings. The molecular weight excluding hydrogens is 364 g/mol. The molecule has 6 nitrogen and oxygen atoms in total. The van der Waals surface area contributed by atoms with Crippen LogP contribution in [0.15, 0.2) is 30.5 Å². The van der Waals surface area contributed by atoms with Gasteiger partial charge in [0.05, 0.1) is 11.7 Å². The molecule has 0 radical (unpaired) electrons. The van der Waals surface area contributed by atoms with E-state index in [9.17, 15) is 4.79 Å². The molecule has 0 saturated carbocycles. The summed E-state index contributed by atoms with van der Waals surface area (Å²) < 4.78 is 5.98. The van der Waals surface area contributed by atoms with E-state index in [1.807, 2.05) is 23.2 Å². The monoisotopic (exact) mass is 394 g/mol. The Kier molecular flexibility index (Phi) is 6.09. The SMILES string of the molecule is CC(=O)N1CCc2nc([C@@H]3CCCCN3CCOc3cccc(C)c3)ncc2C1. The van der Waals surface area contributed by atoms with Crippen molar-refractivity contribution in [2.45, 2.75) is 52.1 Å². The van der Waals surface area contributed by atoms with Gasteiger partial charge in [-0.05, 0) is 44.0 Å². The number of benzene rings is 1. The molecule has 29 heavy (non-hydrogen) atoms. The van der Waals surface area contributed by atoms with E-state index in [0.717, 1.165) is 55.3 Å². The van der Waals surface area contributed by atoms with Crippen LogP contribution in [0.4, 0.5) is 0 Å². The Hall–Kier alpha value is -2.47. The van der Waals surface area contributed by atoms with Gasteiger partial charge in [0.25, 0.3) is 0 Å². The van der Waals surface area contributed by atoms with Crippen LogP contribution >= 0.6 is 0 Å². The maximum atomic E-state index is 11.7. The van der Waals surface area contributed by atoms with Gasteiger partial charge in [-0.25, -0.2) is 9.97 Å². The van der Waals surface area contributed by atoms with Gasteiger partial charge in [0.1, 0.15) is 18.2 Å². The summed E-state index contributed by atoms with van der Waals surface area (Å²) in [5, 5.41) is 0. The minimum absolute atomic E-state index is 0.117. The van der Waals surface area contributed by atoms with Crippen LogP contribution in [-0.2, 0) is 17.8 Å². The Balaban J connectivity index is 1.41. The average Bonchev–Trinajstić information content (AvgIpc) is 2.73. The summed E-state index contributed by atoms with van der Waals surface area (Å²) >= 11 is 0. The molecule has 2 aromatic rings. The fourth-order valence-electron chi connectivity index (χ4n) is 4.30. The summed E-state index contributed by atoms with van der Waals surface area (Å²) in [7, 11) is 0. The second-order valence-electron chi connectivity index (χ2n) is 8.10. The maximum absolute atomic E-state index is 11.7. The molecule has 2 aliphatic heterocycles. The van der Waals surface area contributed by atoms with Crippen LogP contribution in [0.5, 0.6) is 5.75 Å². The first kappa shape index (κ1) is 19.8. The molecule has 1 amide bonds. The van der Waals surface area contributed by atoms with Crippen LogP contribution < -0.4 is 4.74 Å². The molecule has 6 heteroatoms. The molecular formula is C23H30N4O2. The number of aryl methyl sites for hydroxylation is 1. The van der Waals surface area contributed by atoms with E-state index < -0.39 is 0 Å². The molecule has 3 heterocycles. The first-order valence-electron chi connectivity index (χ1n) is 10.6. The quantitative estimate of drug-likeness (QED) is 0.779. The van der Waals surface area contributed by atoms with E-state index >= 15 is 0 Å². The fraction of sp³-hybridized carbons (Fsp3) is 0.522. The van der Waals surface area contributed by atoms with Crippen molar-refractivity contribution in [1.29, 1.82) is 0 Å². The predicted octanol–water partition coefficient (Wildman–Crippen LogP) is 3.30. The van der Waals surface area contributed by atoms with Crippen LogP contribution in [0, 0.1) is 6.92 Å². The third kappa shape index (κ3) is 4.75. The van der Waals surface area contributed by atoms with Crippen LogP contribution in [0.2, 0.25) is 0 Å². The number of aromatic nitrogens is 2. The lowest BCUT2D eigenvalue weighted by Crippen LogP contribution is -2.38. The third-order valence-corrected chi connectivity index (χ3v) is 5.95. The molecule has 0 spiro atoms. The lowest BCUT2D eigenvalue weighted by molar-refractivity contribution is -0.129. The van der Waals surface area contributed by atoms with Gasteiger partial charge in [-0.1, -0.05) is 18.6 Å². The number of piperidine rings is 1. The minimum Gasteiger partial charge on any atom is -0.492 e. The van der Waals surface area contributed by atoms with E-state index in [1.165, 1.54) is 18.4 Å². The van der Waals surface area contributed by atoms with Gasteiger partial charge < -0.3 is 9.64 Å². The van der Waals surface area contributed by atoms with Crippen LogP contribution in [0.25, 0.3) is 0 Å². The van der Waals surface area contributed by atoms with E-state index in [0.29, 0.717) is 13.2 Å². The van der Waals surface area contributed by atoms with Crippen molar-refractivity contribution in [3.63, 3.8) is 0 Å². The molecule has 1 aromatic carbocycles. The molecule has 1 saturated heterocycles. The number of carbonyl (C=O) groups is 1. The Bertz CT molecular complexity index is 870. The average molecular weight is 395 g/mol. The number of likely N-dealkylation sites (tertiary alicyclic amines) is 1. The number of nitrogens with zero attached hydrogens (tertiary/aromatic N) is 4. The summed E-state index contributed by atoms with van der Waals surface area (Å²) in [6.45, 7) is 7.67. The summed E-state index contributed by atoms with van der Waals surface area (Å²) in [5.74, 6) is 1.97. The number of ether oxygens (including phenoxy) is 1. The zero-order valence-corrected chi connectivity index (χ0v) is 17.4. The summed E-state index contributed by atoms with van der Waals surface area (Å²) in [6, 6.07) is 8.45. The van der Waals surface area contributed by atoms with Crippen molar-refractivity contribution in [2.75, 3.05) is 26.2 Å². The lowest BCUT2D eigenvalue weighted by Gasteiger charge is -2.35. The van der Waals surface area contributed by atoms with Gasteiger partial charge in [0.2, 0.25) is 5.91 Å². The van der Waals surface area contributed by atoms with Gasteiger partial charge in [-0.3, -0.25) is 9.69 Å². The number of hydrogen-bond acceptors (Lipinski definition) is 5. The zero-order valence-electron chi connectivity index (χ0n) is 17.4. The van der Waals surface area contributed by atoms with Gasteiger partial charge >= 0.3 is 0 Å². The molecule has 0 N–H and O–H groups in total. The second-order valence-corrected chi connectivity index (χ2v) is 8.10. The summed E-state index contributed by atoms with van der Waals surface area (Å²) in [5.41, 5.74) is 3.40. The minimum atomic E-state index is 0.117. The zero-order chi connectivity index (χ0) is 20.2. The van der Waals surface area contributed by atoms with Crippen molar-refractivity contribution < 1.29 is 9.53 Å². The van der Waals surface area contributed by atoms with Crippen molar-refractivity contribution in [2.24, 2.45) is 0 Å². The Labute approximate surface area is 172 Å². The van der Waals surface area contributed by atoms with Crippen molar-refractivity contribution in [1.82, 2.24) is 19.8 Å². The first-order chi connectivity index (χ1) is 14.1. The molecule has 4 rings (SSSR count). The maximum Gasteiger partial charge on any atom is 0.219 e. The predicted molar refractivity (Wildman–Crippen MR) is 112 cm³/mol. The topological polar surface area (TPSA) is 58.6 Å². The molecule has 2 aliphatic rings. The highest BCUT2D eigenvalue weighted by Crippen LogP contribution is 2.29. The fourth-order valence-corrected chi connectivity index (χ4v) is 4.30. The van der Waals surface area contributed by atoms with Gasteiger partial charge in [0.15, 0.2) is 0 Å². The van der Waals surface area contributed by atoms with Crippen molar-refractivity contribution >= 4 is 5.91 Å². The number of carbonyl (C=O) groups excluding carboxylic acids is 1. The molecule has 0 unspecified atom stereocenters. The molecule has 1 aromatic heterocycles. The van der Waals surface area contributed by atoms with Crippen LogP contribution in [0.3, 0.4) is 0 Å². The van der Waals surface area contributed by atoms with Crippen molar-refractivity contribution in [3.05, 3.63) is 53.1 Å². The molecule has 154 valence electrons. The highest BCUT2D eigenvalue weighted by atomic mass is 16.5. The van der Waals surface area contributed by atoms with E-state index in [1.54, 1.807) is 6.92 Å². The Morgan fingerprint density at radius 3 is 3.00 bits per heavy atom. The smallest absolute Gasteiger partial charge is 0.219 e. The molecule has 1 atom stereocenters. The highest BCUT2D eigenvalue weighted by molar-refractivity contribution is 5.73. The normalized spacial score (nSPS) is 19.7. The molecule has 0 aliphatic carbocycles. The molecule has 0 bridgehead atoms. The number of hydrogen-bond donors (Lipinski definition) is 0. The highest BCUT2D eigenvalue weighted by Gasteiger charge is 2.28. The third-order valence-electron chi connectivity index (χ3n) is 5.95. The van der Waals surface area contributed by atoms with E-state index in [-0.39, 0.29) is 11.9 Å². The van der Waals surface area contributed by atoms with E-state index in [4.69, 9.17) is 14.7 Å². The van der Waals surface area contributed by atoms with Crippen LogP contribution in [0.1, 0.15) is 54.9 Å². The van der Waals surface area contributed by atoms with Gasteiger partial charge in [-0.2, -0.15) is 0 Å². The van der Waals surface area contributed by atoms with Crippen molar-refractivity contribution in [3.8, 4) is 5.75 Å². The number of amides is 1.